The third-order valence-corrected chi connectivity index (χ3v) is 2.81. The molecule has 9 heteroatoms. The van der Waals surface area contributed by atoms with Crippen LogP contribution in [0.2, 0.25) is 0 Å². The van der Waals surface area contributed by atoms with E-state index in [0.717, 1.165) is 0 Å². The molecule has 0 radical (unpaired) electrons. The number of amides is 1. The van der Waals surface area contributed by atoms with Gasteiger partial charge in [0.25, 0.3) is 0 Å². The maximum atomic E-state index is 12.4. The summed E-state index contributed by atoms with van der Waals surface area (Å²) in [4.78, 5) is 24.4. The largest absolute Gasteiger partial charge is 1.00 e. The fraction of sp³-hybridized carbons (Fsp3) is 0.375. The summed E-state index contributed by atoms with van der Waals surface area (Å²) >= 11 is 0. The van der Waals surface area contributed by atoms with Crippen molar-refractivity contribution in [1.82, 2.24) is 20.7 Å². The van der Waals surface area contributed by atoms with E-state index in [-0.39, 0.29) is 29.0 Å². The quantitative estimate of drug-likeness (QED) is 0.349. The van der Waals surface area contributed by atoms with E-state index in [4.69, 9.17) is 9.47 Å². The van der Waals surface area contributed by atoms with Crippen molar-refractivity contribution in [2.75, 3.05) is 0 Å². The summed E-state index contributed by atoms with van der Waals surface area (Å²) in [7, 11) is 0. The van der Waals surface area contributed by atoms with Gasteiger partial charge in [0.1, 0.15) is 12.2 Å². The summed E-state index contributed by atoms with van der Waals surface area (Å²) in [5, 5.41) is 12.0. The van der Waals surface area contributed by atoms with Gasteiger partial charge in [-0.1, -0.05) is 36.0 Å². The van der Waals surface area contributed by atoms with Crippen molar-refractivity contribution >= 4 is 12.1 Å². The van der Waals surface area contributed by atoms with Crippen molar-refractivity contribution in [3.63, 3.8) is 0 Å². The van der Waals surface area contributed by atoms with Crippen molar-refractivity contribution in [1.29, 1.82) is 0 Å². The van der Waals surface area contributed by atoms with E-state index in [9.17, 15) is 9.59 Å². The van der Waals surface area contributed by atoms with E-state index in [1.54, 1.807) is 45.0 Å². The van der Waals surface area contributed by atoms with Gasteiger partial charge in [0.15, 0.2) is 6.04 Å². The molecule has 1 unspecified atom stereocenters. The number of aromatic amines is 1. The monoisotopic (exact) mass is 528 g/mol. The Labute approximate surface area is 161 Å². The number of hydrogen-bond acceptors (Lipinski definition) is 6. The van der Waals surface area contributed by atoms with Gasteiger partial charge < -0.3 is 26.1 Å². The van der Waals surface area contributed by atoms with Gasteiger partial charge >= 0.3 is 34.4 Å². The van der Waals surface area contributed by atoms with Crippen LogP contribution in [0, 0.1) is 6.20 Å². The van der Waals surface area contributed by atoms with E-state index < -0.39 is 23.7 Å². The predicted octanol–water partition coefficient (Wildman–Crippen LogP) is 1.91. The molecule has 25 heavy (non-hydrogen) atoms. The second-order valence-electron chi connectivity index (χ2n) is 6.00. The Bertz CT molecular complexity index is 671. The minimum absolute atomic E-state index is 0. The summed E-state index contributed by atoms with van der Waals surface area (Å²) < 4.78 is 10.4. The number of benzene rings is 1. The Morgan fingerprint density at radius 1 is 1.28 bits per heavy atom. The normalized spacial score (nSPS) is 11.8. The van der Waals surface area contributed by atoms with Crippen molar-refractivity contribution < 1.29 is 41.4 Å². The van der Waals surface area contributed by atoms with E-state index >= 15 is 0 Å². The summed E-state index contributed by atoms with van der Waals surface area (Å²) in [6.07, 6.45) is 1.75. The molecule has 0 saturated heterocycles. The van der Waals surface area contributed by atoms with Crippen molar-refractivity contribution in [2.24, 2.45) is 0 Å². The van der Waals surface area contributed by atoms with E-state index in [2.05, 4.69) is 26.9 Å². The Morgan fingerprint density at radius 3 is 2.52 bits per heavy atom. The third-order valence-electron chi connectivity index (χ3n) is 2.81. The van der Waals surface area contributed by atoms with Gasteiger partial charge in [-0.3, -0.25) is 5.10 Å². The number of nitrogens with zero attached hydrogens (tertiary/aromatic N) is 2. The third kappa shape index (κ3) is 7.08. The van der Waals surface area contributed by atoms with Gasteiger partial charge in [0.2, 0.25) is 0 Å². The van der Waals surface area contributed by atoms with Gasteiger partial charge in [-0.25, -0.2) is 9.59 Å². The van der Waals surface area contributed by atoms with Crippen LogP contribution in [0.25, 0.3) is 0 Å². The van der Waals surface area contributed by atoms with E-state index in [1.165, 1.54) is 0 Å². The molecule has 0 aliphatic rings. The smallest absolute Gasteiger partial charge is 0.458 e. The van der Waals surface area contributed by atoms with Crippen LogP contribution in [0.4, 0.5) is 4.79 Å². The van der Waals surface area contributed by atoms with Crippen molar-refractivity contribution in [3.05, 3.63) is 47.8 Å². The SMILES string of the molecule is CC(C)(C)OC(=O)C(NC(=O)OCc1[c-]nn[nH]1)c1ccccc1.[Au+]. The first kappa shape index (κ1) is 20.9. The average molecular weight is 528 g/mol. The Morgan fingerprint density at radius 2 is 1.96 bits per heavy atom. The molecule has 2 aromatic rings. The first-order chi connectivity index (χ1) is 11.3. The van der Waals surface area contributed by atoms with Crippen LogP contribution in [0.1, 0.15) is 38.1 Å². The Kier molecular flexibility index (Phi) is 7.82. The van der Waals surface area contributed by atoms with E-state index in [0.29, 0.717) is 11.3 Å². The Balaban J connectivity index is 0.00000312. The number of alkyl carbamates (subject to hydrolysis) is 1. The maximum Gasteiger partial charge on any atom is 1.00 e. The molecule has 1 atom stereocenters. The zero-order valence-corrected chi connectivity index (χ0v) is 16.2. The molecule has 0 aliphatic heterocycles. The first-order valence-corrected chi connectivity index (χ1v) is 7.34. The molecule has 138 valence electrons. The van der Waals surface area contributed by atoms with Gasteiger partial charge in [-0.2, -0.15) is 0 Å². The fourth-order valence-electron chi connectivity index (χ4n) is 1.84. The van der Waals surface area contributed by atoms with Crippen LogP contribution in [0.15, 0.2) is 30.3 Å². The number of nitrogens with one attached hydrogen (secondary N) is 2. The standard InChI is InChI=1S/C16H19N4O4.Au/c1-16(2,3)24-14(21)13(11-7-5-4-6-8-11)18-15(22)23-10-12-9-17-20-19-12;/h4-8,13H,10H2,1-3H3,(H,18,22)(H,17,19,20);/q-1;+1. The van der Waals surface area contributed by atoms with Gasteiger partial charge in [-0.05, 0) is 26.3 Å². The molecule has 0 spiro atoms. The summed E-state index contributed by atoms with van der Waals surface area (Å²) in [5.41, 5.74) is 0.337. The molecule has 0 saturated carbocycles. The molecule has 0 fully saturated rings. The molecule has 1 aromatic carbocycles. The number of hydrogen-bond donors (Lipinski definition) is 2. The molecule has 1 heterocycles. The number of rotatable bonds is 5. The molecular formula is C16H19AuN4O4. The zero-order valence-electron chi connectivity index (χ0n) is 14.0. The molecule has 1 amide bonds. The second kappa shape index (κ2) is 9.36. The number of esters is 1. The number of H-pyrrole nitrogens is 1. The summed E-state index contributed by atoms with van der Waals surface area (Å²) in [5.74, 6) is -0.569. The minimum atomic E-state index is -0.971. The van der Waals surface area contributed by atoms with Gasteiger partial charge in [0, 0.05) is 0 Å². The average Bonchev–Trinajstić information content (AvgIpc) is 3.03. The molecule has 0 bridgehead atoms. The fourth-order valence-corrected chi connectivity index (χ4v) is 1.84. The zero-order chi connectivity index (χ0) is 17.6. The number of aromatic nitrogens is 3. The Hall–Kier alpha value is -2.16. The number of carbonyl (C=O) groups is 2. The molecule has 2 N–H and O–H groups in total. The first-order valence-electron chi connectivity index (χ1n) is 7.34. The van der Waals surface area contributed by atoms with Crippen LogP contribution in [-0.2, 0) is 43.3 Å². The van der Waals surface area contributed by atoms with Crippen LogP contribution in [-0.4, -0.2) is 33.1 Å². The van der Waals surface area contributed by atoms with Crippen molar-refractivity contribution in [3.8, 4) is 0 Å². The summed E-state index contributed by atoms with van der Waals surface area (Å²) in [6, 6.07) is 7.83. The molecule has 8 nitrogen and oxygen atoms in total. The van der Waals surface area contributed by atoms with Crippen LogP contribution in [0.5, 0.6) is 0 Å². The topological polar surface area (TPSA) is 106 Å². The second-order valence-corrected chi connectivity index (χ2v) is 6.00. The number of carbonyl (C=O) groups excluding carboxylic acids is 2. The molecule has 1 aromatic heterocycles. The van der Waals surface area contributed by atoms with Gasteiger partial charge in [-0.15, -0.1) is 5.21 Å². The van der Waals surface area contributed by atoms with E-state index in [1.807, 2.05) is 6.07 Å². The van der Waals surface area contributed by atoms with Crippen LogP contribution < -0.4 is 5.32 Å². The van der Waals surface area contributed by atoms with Crippen LogP contribution >= 0.6 is 0 Å². The summed E-state index contributed by atoms with van der Waals surface area (Å²) in [6.45, 7) is 5.18. The predicted molar refractivity (Wildman–Crippen MR) is 83.6 cm³/mol. The minimum Gasteiger partial charge on any atom is -0.458 e. The maximum absolute atomic E-state index is 12.4. The van der Waals surface area contributed by atoms with Crippen molar-refractivity contribution in [2.45, 2.75) is 39.0 Å². The van der Waals surface area contributed by atoms with Crippen LogP contribution in [0.3, 0.4) is 0 Å². The molecule has 0 aliphatic carbocycles. The molecular weight excluding hydrogens is 509 g/mol. The molecule has 2 rings (SSSR count). The van der Waals surface area contributed by atoms with Gasteiger partial charge in [0.05, 0.1) is 0 Å². The number of ether oxygens (including phenoxy) is 2.